The smallest absolute Gasteiger partial charge is 0.257 e. The van der Waals surface area contributed by atoms with E-state index in [4.69, 9.17) is 17.3 Å². The fraction of sp³-hybridized carbons (Fsp3) is 0.100. The van der Waals surface area contributed by atoms with Crippen LogP contribution in [-0.2, 0) is 4.79 Å². The zero-order valence-electron chi connectivity index (χ0n) is 15.7. The van der Waals surface area contributed by atoms with Crippen molar-refractivity contribution in [2.75, 3.05) is 11.1 Å². The molecule has 0 aliphatic carbocycles. The maximum atomic E-state index is 14.9. The average Bonchev–Trinajstić information content (AvgIpc) is 3.05. The number of anilines is 2. The zero-order chi connectivity index (χ0) is 21.4. The van der Waals surface area contributed by atoms with Crippen LogP contribution in [0.3, 0.4) is 0 Å². The van der Waals surface area contributed by atoms with Crippen molar-refractivity contribution in [3.63, 3.8) is 0 Å². The number of halogens is 2. The van der Waals surface area contributed by atoms with Gasteiger partial charge in [0.25, 0.3) is 5.91 Å². The number of fused-ring (bicyclic) bond motifs is 1. The summed E-state index contributed by atoms with van der Waals surface area (Å²) >= 11 is 5.89. The van der Waals surface area contributed by atoms with Crippen molar-refractivity contribution in [3.05, 3.63) is 70.9 Å². The van der Waals surface area contributed by atoms with Gasteiger partial charge in [-0.1, -0.05) is 23.7 Å². The number of aliphatic hydroxyl groups is 1. The maximum absolute atomic E-state index is 14.9. The summed E-state index contributed by atoms with van der Waals surface area (Å²) in [6.07, 6.45) is -0.141. The Morgan fingerprint density at radius 1 is 1.27 bits per heavy atom. The fourth-order valence-electron chi connectivity index (χ4n) is 3.08. The van der Waals surface area contributed by atoms with E-state index in [1.165, 1.54) is 29.2 Å². The Labute approximate surface area is 175 Å². The van der Waals surface area contributed by atoms with Gasteiger partial charge in [-0.25, -0.2) is 19.0 Å². The lowest BCUT2D eigenvalue weighted by atomic mass is 10.1. The molecule has 2 heterocycles. The molecule has 0 aliphatic heterocycles. The molecular formula is C20H16ClFN6O2. The topological polar surface area (TPSA) is 119 Å². The number of nitrogens with two attached hydrogens (primary N) is 1. The summed E-state index contributed by atoms with van der Waals surface area (Å²) < 4.78 is 16.2. The average molecular weight is 427 g/mol. The predicted octanol–water partition coefficient (Wildman–Crippen LogP) is 3.17. The van der Waals surface area contributed by atoms with Crippen LogP contribution in [0.1, 0.15) is 17.4 Å². The minimum atomic E-state index is -1.46. The van der Waals surface area contributed by atoms with Gasteiger partial charge in [-0.3, -0.25) is 4.79 Å². The van der Waals surface area contributed by atoms with Crippen LogP contribution in [0.4, 0.5) is 15.9 Å². The summed E-state index contributed by atoms with van der Waals surface area (Å²) in [6.45, 7) is 1.73. The van der Waals surface area contributed by atoms with E-state index in [9.17, 15) is 14.3 Å². The number of aromatic nitrogens is 4. The number of hydrogen-bond acceptors (Lipinski definition) is 6. The SMILES string of the molecule is Cc1nn(-c2ccc(NC(=O)[C@H](O)c3cccc(Cl)c3)cc2F)c2c(N)ncnc12. The number of rotatable bonds is 4. The second kappa shape index (κ2) is 7.69. The second-order valence-electron chi connectivity index (χ2n) is 6.57. The molecule has 2 aromatic heterocycles. The molecule has 8 nitrogen and oxygen atoms in total. The molecule has 2 aromatic carbocycles. The van der Waals surface area contributed by atoms with Crippen molar-refractivity contribution in [2.24, 2.45) is 0 Å². The molecular weight excluding hydrogens is 411 g/mol. The van der Waals surface area contributed by atoms with Gasteiger partial charge in [0.05, 0.1) is 5.69 Å². The van der Waals surface area contributed by atoms with Crippen LogP contribution >= 0.6 is 11.6 Å². The van der Waals surface area contributed by atoms with Crippen molar-refractivity contribution >= 4 is 40.0 Å². The Morgan fingerprint density at radius 3 is 2.80 bits per heavy atom. The van der Waals surface area contributed by atoms with Crippen molar-refractivity contribution in [1.82, 2.24) is 19.7 Å². The summed E-state index contributed by atoms with van der Waals surface area (Å²) in [4.78, 5) is 20.4. The lowest BCUT2D eigenvalue weighted by molar-refractivity contribution is -0.124. The number of nitrogens with zero attached hydrogens (tertiary/aromatic N) is 4. The van der Waals surface area contributed by atoms with Crippen LogP contribution in [-0.4, -0.2) is 30.8 Å². The summed E-state index contributed by atoms with van der Waals surface area (Å²) in [5.41, 5.74) is 8.01. The van der Waals surface area contributed by atoms with Gasteiger partial charge >= 0.3 is 0 Å². The quantitative estimate of drug-likeness (QED) is 0.461. The lowest BCUT2D eigenvalue weighted by Crippen LogP contribution is -2.21. The lowest BCUT2D eigenvalue weighted by Gasteiger charge is -2.13. The van der Waals surface area contributed by atoms with Crippen LogP contribution in [0.15, 0.2) is 48.8 Å². The molecule has 152 valence electrons. The number of carbonyl (C=O) groups is 1. The van der Waals surface area contributed by atoms with E-state index in [0.29, 0.717) is 27.3 Å². The van der Waals surface area contributed by atoms with Gasteiger partial charge in [-0.05, 0) is 42.8 Å². The van der Waals surface area contributed by atoms with E-state index in [1.54, 1.807) is 25.1 Å². The van der Waals surface area contributed by atoms with E-state index in [0.717, 1.165) is 6.07 Å². The highest BCUT2D eigenvalue weighted by atomic mass is 35.5. The summed E-state index contributed by atoms with van der Waals surface area (Å²) in [5.74, 6) is -1.21. The molecule has 0 unspecified atom stereocenters. The molecule has 0 fully saturated rings. The molecule has 10 heteroatoms. The number of hydrogen-bond donors (Lipinski definition) is 3. The Morgan fingerprint density at radius 2 is 2.07 bits per heavy atom. The molecule has 0 radical (unpaired) electrons. The second-order valence-corrected chi connectivity index (χ2v) is 7.00. The highest BCUT2D eigenvalue weighted by Crippen LogP contribution is 2.27. The Kier molecular flexibility index (Phi) is 5.06. The number of amides is 1. The van der Waals surface area contributed by atoms with Gasteiger partial charge in [0.15, 0.2) is 17.7 Å². The standard InChI is InChI=1S/C20H16ClFN6O2/c1-10-16-17(19(23)25-9-24-16)28(27-10)15-6-5-13(8-14(15)22)26-20(30)18(29)11-3-2-4-12(21)7-11/h2-9,18,29H,1H3,(H,26,30)(H2,23,24,25)/t18-/m1/s1. The van der Waals surface area contributed by atoms with E-state index in [2.05, 4.69) is 20.4 Å². The van der Waals surface area contributed by atoms with E-state index in [1.807, 2.05) is 0 Å². The maximum Gasteiger partial charge on any atom is 0.257 e. The highest BCUT2D eigenvalue weighted by molar-refractivity contribution is 6.30. The molecule has 1 atom stereocenters. The van der Waals surface area contributed by atoms with Gasteiger partial charge in [0, 0.05) is 10.7 Å². The van der Waals surface area contributed by atoms with Crippen molar-refractivity contribution in [3.8, 4) is 5.69 Å². The zero-order valence-corrected chi connectivity index (χ0v) is 16.4. The van der Waals surface area contributed by atoms with E-state index >= 15 is 0 Å². The normalized spacial score (nSPS) is 12.1. The number of aryl methyl sites for hydroxylation is 1. The fourth-order valence-corrected chi connectivity index (χ4v) is 3.28. The molecule has 4 N–H and O–H groups in total. The third kappa shape index (κ3) is 3.56. The van der Waals surface area contributed by atoms with Gasteiger partial charge < -0.3 is 16.2 Å². The first kappa shape index (κ1) is 19.7. The monoisotopic (exact) mass is 426 g/mol. The Balaban J connectivity index is 1.62. The third-order valence-electron chi connectivity index (χ3n) is 4.51. The highest BCUT2D eigenvalue weighted by Gasteiger charge is 2.20. The van der Waals surface area contributed by atoms with Crippen LogP contribution in [0.5, 0.6) is 0 Å². The first-order valence-corrected chi connectivity index (χ1v) is 9.23. The number of aliphatic hydroxyl groups excluding tert-OH is 1. The molecule has 0 spiro atoms. The van der Waals surface area contributed by atoms with Crippen molar-refractivity contribution in [1.29, 1.82) is 0 Å². The van der Waals surface area contributed by atoms with Crippen LogP contribution < -0.4 is 11.1 Å². The molecule has 0 saturated carbocycles. The summed E-state index contributed by atoms with van der Waals surface area (Å²) in [6, 6.07) is 10.3. The summed E-state index contributed by atoms with van der Waals surface area (Å²) in [7, 11) is 0. The molecule has 4 aromatic rings. The number of nitrogen functional groups attached to an aromatic ring is 1. The summed E-state index contributed by atoms with van der Waals surface area (Å²) in [5, 5.41) is 17.4. The number of benzene rings is 2. The Bertz CT molecular complexity index is 1280. The number of carbonyl (C=O) groups excluding carboxylic acids is 1. The molecule has 4 rings (SSSR count). The van der Waals surface area contributed by atoms with Crippen molar-refractivity contribution < 1.29 is 14.3 Å². The van der Waals surface area contributed by atoms with Gasteiger partial charge in [-0.15, -0.1) is 0 Å². The van der Waals surface area contributed by atoms with Crippen LogP contribution in [0.2, 0.25) is 5.02 Å². The first-order valence-electron chi connectivity index (χ1n) is 8.85. The Hall–Kier alpha value is -3.56. The van der Waals surface area contributed by atoms with Crippen LogP contribution in [0, 0.1) is 12.7 Å². The number of nitrogens with one attached hydrogen (secondary N) is 1. The first-order chi connectivity index (χ1) is 14.3. The van der Waals surface area contributed by atoms with Crippen molar-refractivity contribution in [2.45, 2.75) is 13.0 Å². The van der Waals surface area contributed by atoms with E-state index < -0.39 is 17.8 Å². The molecule has 0 bridgehead atoms. The molecule has 1 amide bonds. The predicted molar refractivity (Wildman–Crippen MR) is 111 cm³/mol. The minimum Gasteiger partial charge on any atom is -0.382 e. The molecule has 0 saturated heterocycles. The van der Waals surface area contributed by atoms with Gasteiger partial charge in [0.1, 0.15) is 23.0 Å². The molecule has 30 heavy (non-hydrogen) atoms. The molecule has 0 aliphatic rings. The van der Waals surface area contributed by atoms with E-state index in [-0.39, 0.29) is 17.2 Å². The largest absolute Gasteiger partial charge is 0.382 e. The van der Waals surface area contributed by atoms with Crippen LogP contribution in [0.25, 0.3) is 16.7 Å². The third-order valence-corrected chi connectivity index (χ3v) is 4.75. The van der Waals surface area contributed by atoms with Gasteiger partial charge in [-0.2, -0.15) is 5.10 Å². The van der Waals surface area contributed by atoms with Gasteiger partial charge in [0.2, 0.25) is 0 Å². The minimum absolute atomic E-state index is 0.114.